The molecular weight excluding hydrogens is 402 g/mol. The van der Waals surface area contributed by atoms with Crippen LogP contribution in [0.25, 0.3) is 16.7 Å². The first-order valence-corrected chi connectivity index (χ1v) is 10.6. The highest BCUT2D eigenvalue weighted by Crippen LogP contribution is 2.42. The lowest BCUT2D eigenvalue weighted by molar-refractivity contribution is -0.138. The van der Waals surface area contributed by atoms with Crippen LogP contribution in [0.4, 0.5) is 5.95 Å². The van der Waals surface area contributed by atoms with Gasteiger partial charge in [0.05, 0.1) is 42.1 Å². The van der Waals surface area contributed by atoms with E-state index in [9.17, 15) is 4.79 Å². The van der Waals surface area contributed by atoms with Crippen molar-refractivity contribution in [1.82, 2.24) is 9.55 Å². The van der Waals surface area contributed by atoms with Gasteiger partial charge in [-0.05, 0) is 54.4 Å². The quantitative estimate of drug-likeness (QED) is 0.454. The molecular formula is C26H23N3O3. The van der Waals surface area contributed by atoms with Gasteiger partial charge in [-0.2, -0.15) is 0 Å². The summed E-state index contributed by atoms with van der Waals surface area (Å²) in [5.41, 5.74) is 4.86. The van der Waals surface area contributed by atoms with Gasteiger partial charge in [0.2, 0.25) is 5.95 Å². The van der Waals surface area contributed by atoms with Crippen molar-refractivity contribution in [3.63, 3.8) is 0 Å². The molecule has 1 aromatic heterocycles. The van der Waals surface area contributed by atoms with E-state index in [1.807, 2.05) is 85.8 Å². The summed E-state index contributed by atoms with van der Waals surface area (Å²) in [7, 11) is 1.63. The van der Waals surface area contributed by atoms with Gasteiger partial charge in [-0.25, -0.2) is 9.78 Å². The zero-order valence-corrected chi connectivity index (χ0v) is 17.9. The molecule has 2 heterocycles. The summed E-state index contributed by atoms with van der Waals surface area (Å²) >= 11 is 0. The van der Waals surface area contributed by atoms with E-state index in [0.29, 0.717) is 17.2 Å². The number of hydrogen-bond donors (Lipinski definition) is 1. The third kappa shape index (κ3) is 3.30. The molecule has 0 spiro atoms. The number of para-hydroxylation sites is 2. The van der Waals surface area contributed by atoms with Crippen LogP contribution in [0, 0.1) is 0 Å². The second-order valence-electron chi connectivity index (χ2n) is 7.47. The predicted molar refractivity (Wildman–Crippen MR) is 124 cm³/mol. The molecule has 0 unspecified atom stereocenters. The van der Waals surface area contributed by atoms with Crippen LogP contribution < -0.4 is 10.1 Å². The summed E-state index contributed by atoms with van der Waals surface area (Å²) in [6, 6.07) is 25.1. The maximum absolute atomic E-state index is 13.4. The van der Waals surface area contributed by atoms with Crippen molar-refractivity contribution in [3.05, 3.63) is 95.6 Å². The molecule has 3 aromatic carbocycles. The summed E-state index contributed by atoms with van der Waals surface area (Å²) in [5.74, 6) is 1.07. The number of nitrogens with zero attached hydrogens (tertiary/aromatic N) is 2. The Morgan fingerprint density at radius 2 is 1.72 bits per heavy atom. The summed E-state index contributed by atoms with van der Waals surface area (Å²) < 4.78 is 12.9. The highest BCUT2D eigenvalue weighted by molar-refractivity contribution is 6.03. The number of carbonyl (C=O) groups is 1. The fraction of sp³-hybridized carbons (Fsp3) is 0.154. The molecule has 0 saturated heterocycles. The van der Waals surface area contributed by atoms with Crippen LogP contribution in [0.15, 0.2) is 84.4 Å². The van der Waals surface area contributed by atoms with Gasteiger partial charge in [0.1, 0.15) is 5.75 Å². The number of esters is 1. The number of aromatic nitrogens is 2. The smallest absolute Gasteiger partial charge is 0.338 e. The average molecular weight is 425 g/mol. The Kier molecular flexibility index (Phi) is 5.11. The largest absolute Gasteiger partial charge is 0.497 e. The molecule has 0 amide bonds. The maximum Gasteiger partial charge on any atom is 0.338 e. The third-order valence-electron chi connectivity index (χ3n) is 5.62. The molecule has 6 heteroatoms. The molecule has 0 aliphatic carbocycles. The zero-order valence-electron chi connectivity index (χ0n) is 17.9. The number of hydrogen-bond acceptors (Lipinski definition) is 5. The summed E-state index contributed by atoms with van der Waals surface area (Å²) in [5, 5.41) is 3.42. The van der Waals surface area contributed by atoms with Crippen LogP contribution in [-0.2, 0) is 9.53 Å². The van der Waals surface area contributed by atoms with Crippen molar-refractivity contribution in [2.45, 2.75) is 13.0 Å². The first-order chi connectivity index (χ1) is 15.7. The molecule has 0 fully saturated rings. The van der Waals surface area contributed by atoms with Gasteiger partial charge in [-0.1, -0.05) is 42.5 Å². The molecule has 160 valence electrons. The lowest BCUT2D eigenvalue weighted by Crippen LogP contribution is -2.29. The topological polar surface area (TPSA) is 65.4 Å². The minimum absolute atomic E-state index is 0.289. The molecule has 1 atom stereocenters. The van der Waals surface area contributed by atoms with Gasteiger partial charge in [0, 0.05) is 0 Å². The van der Waals surface area contributed by atoms with Crippen LogP contribution in [0.1, 0.15) is 24.1 Å². The van der Waals surface area contributed by atoms with Crippen LogP contribution in [0.5, 0.6) is 5.75 Å². The van der Waals surface area contributed by atoms with Gasteiger partial charge >= 0.3 is 5.97 Å². The van der Waals surface area contributed by atoms with E-state index >= 15 is 0 Å². The summed E-state index contributed by atoms with van der Waals surface area (Å²) in [6.07, 6.45) is 0. The maximum atomic E-state index is 13.4. The number of ether oxygens (including phenoxy) is 2. The van der Waals surface area contributed by atoms with Crippen molar-refractivity contribution in [2.24, 2.45) is 0 Å². The first-order valence-electron chi connectivity index (χ1n) is 10.6. The predicted octanol–water partition coefficient (Wildman–Crippen LogP) is 5.03. The average Bonchev–Trinajstić information content (AvgIpc) is 3.22. The SMILES string of the molecule is CCOC(=O)C1=C(c2ccc(OC)cc2)Nc2nc3ccccc3n2[C@H]1c1ccccc1. The fourth-order valence-electron chi connectivity index (χ4n) is 4.20. The Bertz CT molecular complexity index is 1310. The van der Waals surface area contributed by atoms with E-state index in [1.165, 1.54) is 0 Å². The number of benzene rings is 3. The van der Waals surface area contributed by atoms with E-state index in [1.54, 1.807) is 7.11 Å². The standard InChI is InChI=1S/C26H23N3O3/c1-3-32-25(30)22-23(17-13-15-19(31-2)16-14-17)28-26-27-20-11-7-8-12-21(20)29(26)24(22)18-9-5-4-6-10-18/h4-16,24H,3H2,1-2H3,(H,27,28)/t24-/m0/s1. The second-order valence-corrected chi connectivity index (χ2v) is 7.47. The molecule has 32 heavy (non-hydrogen) atoms. The fourth-order valence-corrected chi connectivity index (χ4v) is 4.20. The van der Waals surface area contributed by atoms with Crippen molar-refractivity contribution in [3.8, 4) is 5.75 Å². The lowest BCUT2D eigenvalue weighted by Gasteiger charge is -2.31. The van der Waals surface area contributed by atoms with E-state index in [2.05, 4.69) is 9.88 Å². The van der Waals surface area contributed by atoms with Gasteiger partial charge in [-0.3, -0.25) is 4.57 Å². The molecule has 1 N–H and O–H groups in total. The number of imidazole rings is 1. The van der Waals surface area contributed by atoms with E-state index in [0.717, 1.165) is 27.9 Å². The minimum atomic E-state index is -0.393. The molecule has 0 radical (unpaired) electrons. The molecule has 1 aliphatic rings. The van der Waals surface area contributed by atoms with Crippen molar-refractivity contribution in [1.29, 1.82) is 0 Å². The van der Waals surface area contributed by atoms with E-state index in [4.69, 9.17) is 14.5 Å². The third-order valence-corrected chi connectivity index (χ3v) is 5.62. The van der Waals surface area contributed by atoms with Gasteiger partial charge in [-0.15, -0.1) is 0 Å². The molecule has 4 aromatic rings. The Labute approximate surface area is 186 Å². The molecule has 0 bridgehead atoms. The number of nitrogens with one attached hydrogen (secondary N) is 1. The Morgan fingerprint density at radius 1 is 1.00 bits per heavy atom. The van der Waals surface area contributed by atoms with Crippen LogP contribution in [0.2, 0.25) is 0 Å². The van der Waals surface area contributed by atoms with Crippen LogP contribution >= 0.6 is 0 Å². The van der Waals surface area contributed by atoms with Crippen LogP contribution in [0.3, 0.4) is 0 Å². The Morgan fingerprint density at radius 3 is 2.44 bits per heavy atom. The monoisotopic (exact) mass is 425 g/mol. The van der Waals surface area contributed by atoms with Crippen molar-refractivity contribution >= 4 is 28.6 Å². The Balaban J connectivity index is 1.80. The molecule has 0 saturated carbocycles. The number of fused-ring (bicyclic) bond motifs is 3. The lowest BCUT2D eigenvalue weighted by atomic mass is 9.92. The summed E-state index contributed by atoms with van der Waals surface area (Å²) in [4.78, 5) is 18.2. The first kappa shape index (κ1) is 19.9. The highest BCUT2D eigenvalue weighted by atomic mass is 16.5. The zero-order chi connectivity index (χ0) is 22.1. The number of anilines is 1. The number of methoxy groups -OCH3 is 1. The molecule has 6 nitrogen and oxygen atoms in total. The second kappa shape index (κ2) is 8.23. The summed E-state index contributed by atoms with van der Waals surface area (Å²) in [6.45, 7) is 2.11. The number of carbonyl (C=O) groups excluding carboxylic acids is 1. The Hall–Kier alpha value is -4.06. The van der Waals surface area contributed by atoms with Crippen molar-refractivity contribution in [2.75, 3.05) is 19.0 Å². The number of rotatable bonds is 5. The molecule has 1 aliphatic heterocycles. The minimum Gasteiger partial charge on any atom is -0.497 e. The van der Waals surface area contributed by atoms with Crippen LogP contribution in [-0.4, -0.2) is 29.2 Å². The van der Waals surface area contributed by atoms with E-state index < -0.39 is 6.04 Å². The highest BCUT2D eigenvalue weighted by Gasteiger charge is 2.36. The van der Waals surface area contributed by atoms with Gasteiger partial charge in [0.15, 0.2) is 0 Å². The van der Waals surface area contributed by atoms with Gasteiger partial charge < -0.3 is 14.8 Å². The normalized spacial score (nSPS) is 15.2. The van der Waals surface area contributed by atoms with Crippen molar-refractivity contribution < 1.29 is 14.3 Å². The van der Waals surface area contributed by atoms with E-state index in [-0.39, 0.29) is 12.6 Å². The van der Waals surface area contributed by atoms with Gasteiger partial charge in [0.25, 0.3) is 0 Å². The molecule has 5 rings (SSSR count).